The summed E-state index contributed by atoms with van der Waals surface area (Å²) < 4.78 is 0. The van der Waals surface area contributed by atoms with Crippen LogP contribution in [0.2, 0.25) is 0 Å². The summed E-state index contributed by atoms with van der Waals surface area (Å²) in [6.45, 7) is 6.36. The Balaban J connectivity index is 2.39. The van der Waals surface area contributed by atoms with Gasteiger partial charge in [0.2, 0.25) is 0 Å². The van der Waals surface area contributed by atoms with E-state index in [4.69, 9.17) is 5.73 Å². The number of aromatic nitrogens is 2. The quantitative estimate of drug-likeness (QED) is 0.714. The molecule has 3 N–H and O–H groups in total. The van der Waals surface area contributed by atoms with Gasteiger partial charge in [0.25, 0.3) is 0 Å². The number of unbranched alkanes of at least 4 members (excludes halogenated alkanes) is 3. The van der Waals surface area contributed by atoms with Crippen molar-refractivity contribution in [3.8, 4) is 0 Å². The normalized spacial score (nSPS) is 12.4. The number of nitrogen functional groups attached to an aromatic ring is 1. The lowest BCUT2D eigenvalue weighted by atomic mass is 10.1. The van der Waals surface area contributed by atoms with Gasteiger partial charge in [-0.3, -0.25) is 0 Å². The second kappa shape index (κ2) is 7.09. The molecule has 0 aliphatic heterocycles. The minimum atomic E-state index is 0.430. The van der Waals surface area contributed by atoms with Gasteiger partial charge in [0, 0.05) is 11.6 Å². The maximum absolute atomic E-state index is 5.74. The van der Waals surface area contributed by atoms with Crippen LogP contribution in [0.5, 0.6) is 0 Å². The van der Waals surface area contributed by atoms with Gasteiger partial charge in [-0.2, -0.15) is 0 Å². The van der Waals surface area contributed by atoms with Crippen LogP contribution in [0.15, 0.2) is 6.33 Å². The summed E-state index contributed by atoms with van der Waals surface area (Å²) in [6.07, 6.45) is 7.86. The van der Waals surface area contributed by atoms with Crippen LogP contribution in [0.4, 0.5) is 11.6 Å². The minimum absolute atomic E-state index is 0.430. The number of nitrogens with zero attached hydrogens (tertiary/aromatic N) is 2. The summed E-state index contributed by atoms with van der Waals surface area (Å²) >= 11 is 0. The van der Waals surface area contributed by atoms with Crippen LogP contribution < -0.4 is 11.1 Å². The zero-order valence-electron chi connectivity index (χ0n) is 11.2. The number of nitrogens with one attached hydrogen (secondary N) is 1. The molecule has 0 spiro atoms. The number of hydrogen-bond donors (Lipinski definition) is 2. The molecule has 0 amide bonds. The van der Waals surface area contributed by atoms with E-state index in [0.717, 1.165) is 11.4 Å². The Morgan fingerprint density at radius 2 is 2.06 bits per heavy atom. The fourth-order valence-corrected chi connectivity index (χ4v) is 1.79. The summed E-state index contributed by atoms with van der Waals surface area (Å²) in [5, 5.41) is 3.40. The lowest BCUT2D eigenvalue weighted by Gasteiger charge is -2.16. The van der Waals surface area contributed by atoms with Gasteiger partial charge in [0.05, 0.1) is 0 Å². The van der Waals surface area contributed by atoms with Crippen molar-refractivity contribution in [2.24, 2.45) is 0 Å². The fraction of sp³-hybridized carbons (Fsp3) is 0.692. The molecule has 4 heteroatoms. The molecule has 1 heterocycles. The highest BCUT2D eigenvalue weighted by atomic mass is 15.0. The highest BCUT2D eigenvalue weighted by Crippen LogP contribution is 2.17. The van der Waals surface area contributed by atoms with Gasteiger partial charge in [-0.25, -0.2) is 9.97 Å². The number of anilines is 2. The van der Waals surface area contributed by atoms with Crippen molar-refractivity contribution in [3.05, 3.63) is 11.9 Å². The van der Waals surface area contributed by atoms with Crippen LogP contribution >= 0.6 is 0 Å². The largest absolute Gasteiger partial charge is 0.383 e. The Morgan fingerprint density at radius 3 is 2.76 bits per heavy atom. The Bertz CT molecular complexity index is 338. The van der Waals surface area contributed by atoms with E-state index < -0.39 is 0 Å². The number of nitrogens with two attached hydrogens (primary N) is 1. The smallest absolute Gasteiger partial charge is 0.134 e. The lowest BCUT2D eigenvalue weighted by molar-refractivity contribution is 0.592. The third-order valence-electron chi connectivity index (χ3n) is 3.00. The predicted octanol–water partition coefficient (Wildman–Crippen LogP) is 3.14. The molecule has 0 aliphatic rings. The minimum Gasteiger partial charge on any atom is -0.383 e. The zero-order valence-corrected chi connectivity index (χ0v) is 11.2. The average molecular weight is 236 g/mol. The molecule has 1 aromatic heterocycles. The van der Waals surface area contributed by atoms with E-state index >= 15 is 0 Å². The maximum atomic E-state index is 5.74. The molecule has 4 nitrogen and oxygen atoms in total. The van der Waals surface area contributed by atoms with Gasteiger partial charge in [-0.1, -0.05) is 32.6 Å². The summed E-state index contributed by atoms with van der Waals surface area (Å²) in [5.41, 5.74) is 6.68. The molecule has 1 unspecified atom stereocenters. The van der Waals surface area contributed by atoms with Gasteiger partial charge < -0.3 is 11.1 Å². The van der Waals surface area contributed by atoms with E-state index in [-0.39, 0.29) is 0 Å². The monoisotopic (exact) mass is 236 g/mol. The van der Waals surface area contributed by atoms with E-state index in [1.807, 2.05) is 6.92 Å². The third-order valence-corrected chi connectivity index (χ3v) is 3.00. The van der Waals surface area contributed by atoms with Gasteiger partial charge in [-0.05, 0) is 20.3 Å². The van der Waals surface area contributed by atoms with E-state index in [1.165, 1.54) is 38.4 Å². The van der Waals surface area contributed by atoms with Crippen LogP contribution in [-0.2, 0) is 0 Å². The van der Waals surface area contributed by atoms with Gasteiger partial charge in [0.15, 0.2) is 0 Å². The third kappa shape index (κ3) is 4.59. The Labute approximate surface area is 104 Å². The van der Waals surface area contributed by atoms with Crippen molar-refractivity contribution in [2.75, 3.05) is 11.1 Å². The highest BCUT2D eigenvalue weighted by molar-refractivity contribution is 5.54. The second-order valence-corrected chi connectivity index (χ2v) is 4.63. The molecule has 0 aliphatic carbocycles. The SMILES string of the molecule is CCCCCCC(C)Nc1ncnc(N)c1C. The zero-order chi connectivity index (χ0) is 12.7. The molecule has 0 saturated heterocycles. The molecular formula is C13H24N4. The van der Waals surface area contributed by atoms with Crippen molar-refractivity contribution < 1.29 is 0 Å². The van der Waals surface area contributed by atoms with Crippen molar-refractivity contribution in [1.29, 1.82) is 0 Å². The first-order valence-electron chi connectivity index (χ1n) is 6.48. The summed E-state index contributed by atoms with van der Waals surface area (Å²) in [6, 6.07) is 0.430. The molecule has 0 bridgehead atoms. The van der Waals surface area contributed by atoms with Crippen molar-refractivity contribution in [3.63, 3.8) is 0 Å². The number of hydrogen-bond acceptors (Lipinski definition) is 4. The van der Waals surface area contributed by atoms with Crippen molar-refractivity contribution in [2.45, 2.75) is 58.9 Å². The molecule has 0 aromatic carbocycles. The van der Waals surface area contributed by atoms with Crippen LogP contribution in [0.25, 0.3) is 0 Å². The van der Waals surface area contributed by atoms with Gasteiger partial charge >= 0.3 is 0 Å². The van der Waals surface area contributed by atoms with E-state index in [1.54, 1.807) is 0 Å². The average Bonchev–Trinajstić information content (AvgIpc) is 2.31. The number of rotatable bonds is 7. The first-order chi connectivity index (χ1) is 8.15. The summed E-state index contributed by atoms with van der Waals surface area (Å²) in [7, 11) is 0. The molecule has 1 aromatic rings. The second-order valence-electron chi connectivity index (χ2n) is 4.63. The first kappa shape index (κ1) is 13.7. The summed E-state index contributed by atoms with van der Waals surface area (Å²) in [4.78, 5) is 8.18. The molecule has 96 valence electrons. The molecule has 0 saturated carbocycles. The van der Waals surface area contributed by atoms with Crippen LogP contribution in [-0.4, -0.2) is 16.0 Å². The van der Waals surface area contributed by atoms with Crippen LogP contribution in [0, 0.1) is 6.92 Å². The Morgan fingerprint density at radius 1 is 1.29 bits per heavy atom. The van der Waals surface area contributed by atoms with Gasteiger partial charge in [-0.15, -0.1) is 0 Å². The molecular weight excluding hydrogens is 212 g/mol. The first-order valence-corrected chi connectivity index (χ1v) is 6.48. The Hall–Kier alpha value is -1.32. The lowest BCUT2D eigenvalue weighted by Crippen LogP contribution is -2.17. The molecule has 1 rings (SSSR count). The molecule has 0 fully saturated rings. The van der Waals surface area contributed by atoms with Crippen molar-refractivity contribution >= 4 is 11.6 Å². The molecule has 1 atom stereocenters. The fourth-order valence-electron chi connectivity index (χ4n) is 1.79. The van der Waals surface area contributed by atoms with Crippen LogP contribution in [0.1, 0.15) is 51.5 Å². The van der Waals surface area contributed by atoms with Crippen LogP contribution in [0.3, 0.4) is 0 Å². The molecule has 17 heavy (non-hydrogen) atoms. The predicted molar refractivity (Wildman–Crippen MR) is 73.0 cm³/mol. The molecule has 0 radical (unpaired) electrons. The summed E-state index contributed by atoms with van der Waals surface area (Å²) in [5.74, 6) is 1.42. The Kier molecular flexibility index (Phi) is 5.73. The standard InChI is InChI=1S/C13H24N4/c1-4-5-6-7-8-10(2)17-13-11(3)12(14)15-9-16-13/h9-10H,4-8H2,1-3H3,(H3,14,15,16,17). The van der Waals surface area contributed by atoms with Gasteiger partial charge in [0.1, 0.15) is 18.0 Å². The maximum Gasteiger partial charge on any atom is 0.134 e. The van der Waals surface area contributed by atoms with E-state index in [9.17, 15) is 0 Å². The highest BCUT2D eigenvalue weighted by Gasteiger charge is 2.07. The van der Waals surface area contributed by atoms with E-state index in [2.05, 4.69) is 29.1 Å². The topological polar surface area (TPSA) is 63.8 Å². The van der Waals surface area contributed by atoms with Crippen molar-refractivity contribution in [1.82, 2.24) is 9.97 Å². The van der Waals surface area contributed by atoms with E-state index in [0.29, 0.717) is 11.9 Å².